The Kier molecular flexibility index (Phi) is 20.5. The summed E-state index contributed by atoms with van der Waals surface area (Å²) in [4.78, 5) is 0. The maximum Gasteiger partial charge on any atom is 1.00 e. The Morgan fingerprint density at radius 3 is 1.33 bits per heavy atom. The fourth-order valence-corrected chi connectivity index (χ4v) is 0.342. The van der Waals surface area contributed by atoms with Crippen molar-refractivity contribution in [1.82, 2.24) is 0 Å². The summed E-state index contributed by atoms with van der Waals surface area (Å²) in [7, 11) is 0. The second-order valence-electron chi connectivity index (χ2n) is 1.08. The molecule has 0 fully saturated rings. The summed E-state index contributed by atoms with van der Waals surface area (Å²) in [6.45, 7) is 0. The van der Waals surface area contributed by atoms with Gasteiger partial charge in [0.25, 0.3) is 0 Å². The summed E-state index contributed by atoms with van der Waals surface area (Å²) in [5, 5.41) is 0. The van der Waals surface area contributed by atoms with Crippen molar-refractivity contribution in [2.75, 3.05) is 0 Å². The molecule has 0 atom stereocenters. The summed E-state index contributed by atoms with van der Waals surface area (Å²) >= 11 is 0. The van der Waals surface area contributed by atoms with E-state index in [4.69, 9.17) is 0 Å². The molecule has 0 N–H and O–H groups in total. The van der Waals surface area contributed by atoms with E-state index in [9.17, 15) is 0 Å². The molecule has 0 aliphatic carbocycles. The van der Waals surface area contributed by atoms with E-state index in [1.54, 1.807) is 0 Å². The first kappa shape index (κ1) is 16.3. The predicted molar refractivity (Wildman–Crippen MR) is 39.8 cm³/mol. The fraction of sp³-hybridized carbons (Fsp3) is 0. The molecule has 0 radical (unpaired) electrons. The predicted octanol–water partition coefficient (Wildman–Crippen LogP) is 2.33. The molecule has 1 aromatic carbocycles. The number of hydrogen-bond acceptors (Lipinski definition) is 0. The zero-order valence-corrected chi connectivity index (χ0v) is 8.30. The first-order valence-corrected chi connectivity index (χ1v) is 1.91. The molecule has 0 aromatic heterocycles. The van der Waals surface area contributed by atoms with Crippen LogP contribution in [0.15, 0.2) is 30.3 Å². The minimum absolute atomic E-state index is 0. The third-order valence-corrected chi connectivity index (χ3v) is 0.607. The average Bonchev–Trinajstić information content (AvgIpc) is 1.72. The third-order valence-electron chi connectivity index (χ3n) is 0.607. The number of halogens is 2. The van der Waals surface area contributed by atoms with Gasteiger partial charge >= 0.3 is 22.4 Å². The van der Waals surface area contributed by atoms with Crippen LogP contribution in [0.2, 0.25) is 0 Å². The van der Waals surface area contributed by atoms with Crippen LogP contribution in [0.25, 0.3) is 0 Å². The van der Waals surface area contributed by atoms with Crippen LogP contribution in [0.1, 0.15) is 0 Å². The van der Waals surface area contributed by atoms with E-state index < -0.39 is 0 Å². The Morgan fingerprint density at radius 1 is 0.778 bits per heavy atom. The van der Waals surface area contributed by atoms with Gasteiger partial charge in [0.2, 0.25) is 0 Å². The molecule has 0 spiro atoms. The van der Waals surface area contributed by atoms with Crippen LogP contribution in [0, 0.1) is 6.07 Å². The maximum atomic E-state index is 2.89. The molecule has 3 heteroatoms. The SMILES string of the molecule is Cl.Cl.[Au+].[c-]1ccccc1. The van der Waals surface area contributed by atoms with Gasteiger partial charge in [-0.1, -0.05) is 0 Å². The van der Waals surface area contributed by atoms with E-state index in [0.717, 1.165) is 0 Å². The largest absolute Gasteiger partial charge is 1.00 e. The van der Waals surface area contributed by atoms with Crippen molar-refractivity contribution in [3.05, 3.63) is 36.4 Å². The van der Waals surface area contributed by atoms with E-state index in [0.29, 0.717) is 0 Å². The van der Waals surface area contributed by atoms with Gasteiger partial charge in [-0.15, -0.1) is 24.8 Å². The molecule has 0 aliphatic heterocycles. The standard InChI is InChI=1S/C6H5.Au.2ClH/c1-2-4-6-5-3-1;;;/h1-5H;;2*1H/q-1;+1;;. The van der Waals surface area contributed by atoms with Gasteiger partial charge in [-0.2, -0.15) is 36.4 Å². The zero-order valence-electron chi connectivity index (χ0n) is 4.50. The van der Waals surface area contributed by atoms with Crippen molar-refractivity contribution in [2.24, 2.45) is 0 Å². The Balaban J connectivity index is -0.000000120. The van der Waals surface area contributed by atoms with Crippen LogP contribution < -0.4 is 0 Å². The molecule has 1 aromatic rings. The second kappa shape index (κ2) is 11.4. The molecule has 0 saturated carbocycles. The molecule has 0 amide bonds. The number of hydrogen-bond donors (Lipinski definition) is 0. The molecule has 56 valence electrons. The monoisotopic (exact) mass is 346 g/mol. The molecule has 1 rings (SSSR count). The Hall–Kier alpha value is 0.540. The molecule has 0 heterocycles. The van der Waals surface area contributed by atoms with Crippen LogP contribution in [-0.2, 0) is 22.4 Å². The quantitative estimate of drug-likeness (QED) is 0.499. The van der Waals surface area contributed by atoms with Gasteiger partial charge in [-0.05, 0) is 0 Å². The minimum Gasteiger partial charge on any atom is -0.184 e. The van der Waals surface area contributed by atoms with Gasteiger partial charge in [-0.25, -0.2) is 0 Å². The van der Waals surface area contributed by atoms with Crippen LogP contribution in [-0.4, -0.2) is 0 Å². The first-order chi connectivity index (χ1) is 3.00. The fourth-order valence-electron chi connectivity index (χ4n) is 0.342. The van der Waals surface area contributed by atoms with Gasteiger partial charge in [0, 0.05) is 0 Å². The van der Waals surface area contributed by atoms with Gasteiger partial charge in [0.15, 0.2) is 0 Å². The van der Waals surface area contributed by atoms with Crippen molar-refractivity contribution in [2.45, 2.75) is 0 Å². The first-order valence-electron chi connectivity index (χ1n) is 1.91. The summed E-state index contributed by atoms with van der Waals surface area (Å²) in [6, 6.07) is 12.5. The summed E-state index contributed by atoms with van der Waals surface area (Å²) in [5.41, 5.74) is 0. The van der Waals surface area contributed by atoms with Gasteiger partial charge in [0.05, 0.1) is 0 Å². The van der Waals surface area contributed by atoms with Crippen molar-refractivity contribution in [1.29, 1.82) is 0 Å². The Bertz CT molecular complexity index is 83.0. The smallest absolute Gasteiger partial charge is 0.184 e. The minimum atomic E-state index is 0. The van der Waals surface area contributed by atoms with E-state index in [1.807, 2.05) is 30.3 Å². The average molecular weight is 347 g/mol. The normalized spacial score (nSPS) is 5.33. The van der Waals surface area contributed by atoms with Crippen LogP contribution in [0.3, 0.4) is 0 Å². The maximum absolute atomic E-state index is 2.89. The Labute approximate surface area is 83.4 Å². The third kappa shape index (κ3) is 8.54. The molecular formula is C6H7AuCl2. The molecule has 0 unspecified atom stereocenters. The van der Waals surface area contributed by atoms with Gasteiger partial charge < -0.3 is 0 Å². The van der Waals surface area contributed by atoms with Crippen molar-refractivity contribution >= 4 is 24.8 Å². The molecule has 9 heavy (non-hydrogen) atoms. The van der Waals surface area contributed by atoms with E-state index in [2.05, 4.69) is 6.07 Å². The molecule has 0 aliphatic rings. The van der Waals surface area contributed by atoms with Crippen molar-refractivity contribution in [3.63, 3.8) is 0 Å². The summed E-state index contributed by atoms with van der Waals surface area (Å²) < 4.78 is 0. The van der Waals surface area contributed by atoms with Gasteiger partial charge in [0.1, 0.15) is 0 Å². The van der Waals surface area contributed by atoms with Crippen LogP contribution >= 0.6 is 24.8 Å². The molecule has 0 saturated heterocycles. The number of benzene rings is 1. The second-order valence-corrected chi connectivity index (χ2v) is 1.08. The van der Waals surface area contributed by atoms with Crippen LogP contribution in [0.4, 0.5) is 0 Å². The van der Waals surface area contributed by atoms with E-state index >= 15 is 0 Å². The van der Waals surface area contributed by atoms with Gasteiger partial charge in [-0.3, -0.25) is 0 Å². The zero-order chi connectivity index (χ0) is 4.24. The van der Waals surface area contributed by atoms with Crippen molar-refractivity contribution in [3.8, 4) is 0 Å². The van der Waals surface area contributed by atoms with E-state index in [-0.39, 0.29) is 47.2 Å². The number of rotatable bonds is 0. The topological polar surface area (TPSA) is 0 Å². The van der Waals surface area contributed by atoms with Crippen molar-refractivity contribution < 1.29 is 22.4 Å². The molecule has 0 nitrogen and oxygen atoms in total. The summed E-state index contributed by atoms with van der Waals surface area (Å²) in [6.07, 6.45) is 0. The Morgan fingerprint density at radius 2 is 1.22 bits per heavy atom. The van der Waals surface area contributed by atoms with Crippen LogP contribution in [0.5, 0.6) is 0 Å². The summed E-state index contributed by atoms with van der Waals surface area (Å²) in [5.74, 6) is 0. The molecule has 0 bridgehead atoms. The molecular weight excluding hydrogens is 340 g/mol. The van der Waals surface area contributed by atoms with E-state index in [1.165, 1.54) is 0 Å².